The molecule has 7 heteroatoms. The summed E-state index contributed by atoms with van der Waals surface area (Å²) < 4.78 is 2.18. The number of thioether (sulfide) groups is 1. The summed E-state index contributed by atoms with van der Waals surface area (Å²) >= 11 is 1.87. The fourth-order valence-electron chi connectivity index (χ4n) is 4.40. The normalized spacial score (nSPS) is 15.4. The largest absolute Gasteiger partial charge is 0.370 e. The molecule has 0 bridgehead atoms. The maximum Gasteiger partial charge on any atom is 0.280 e. The summed E-state index contributed by atoms with van der Waals surface area (Å²) in [7, 11) is 0. The third-order valence-electron chi connectivity index (χ3n) is 5.90. The number of nitrogens with zero attached hydrogens (tertiary/aromatic N) is 3. The molecule has 6 nitrogen and oxygen atoms in total. The van der Waals surface area contributed by atoms with Crippen LogP contribution in [0.2, 0.25) is 0 Å². The van der Waals surface area contributed by atoms with Crippen LogP contribution >= 0.6 is 11.8 Å². The summed E-state index contributed by atoms with van der Waals surface area (Å²) in [5, 5.41) is 4.88. The van der Waals surface area contributed by atoms with Crippen molar-refractivity contribution in [3.05, 3.63) is 83.0 Å². The van der Waals surface area contributed by atoms with Crippen molar-refractivity contribution in [1.29, 1.82) is 0 Å². The molecule has 2 aliphatic rings. The third-order valence-corrected chi connectivity index (χ3v) is 7.00. The van der Waals surface area contributed by atoms with Gasteiger partial charge < -0.3 is 16.4 Å². The molecule has 1 aromatic heterocycles. The van der Waals surface area contributed by atoms with Gasteiger partial charge in [0, 0.05) is 30.5 Å². The highest BCUT2D eigenvalue weighted by molar-refractivity contribution is 8.03. The summed E-state index contributed by atoms with van der Waals surface area (Å²) in [6.07, 6.45) is 7.65. The number of hydrogen-bond donors (Lipinski definition) is 3. The van der Waals surface area contributed by atoms with Crippen LogP contribution in [0, 0.1) is 0 Å². The first-order valence-corrected chi connectivity index (χ1v) is 12.2. The number of para-hydroxylation sites is 2. The SMILES string of the molecule is NC(N)=NCCCNc1cc(/C=C2\Sc3cccc4c3N2CCC4)cc[n+]1-c1ccccc1. The maximum atomic E-state index is 5.44. The molecular weight excluding hydrogens is 428 g/mol. The first-order valence-electron chi connectivity index (χ1n) is 11.4. The van der Waals surface area contributed by atoms with Gasteiger partial charge in [-0.3, -0.25) is 10.3 Å². The molecule has 0 saturated carbocycles. The molecule has 3 heterocycles. The second-order valence-electron chi connectivity index (χ2n) is 8.24. The highest BCUT2D eigenvalue weighted by Gasteiger charge is 2.30. The second kappa shape index (κ2) is 9.58. The molecule has 5 rings (SSSR count). The van der Waals surface area contributed by atoms with Gasteiger partial charge in [0.1, 0.15) is 5.69 Å². The number of nitrogens with two attached hydrogens (primary N) is 2. The first-order chi connectivity index (χ1) is 16.2. The number of anilines is 2. The van der Waals surface area contributed by atoms with Crippen molar-refractivity contribution in [1.82, 2.24) is 0 Å². The number of aryl methyl sites for hydroxylation is 1. The van der Waals surface area contributed by atoms with Gasteiger partial charge >= 0.3 is 0 Å². The Hall–Kier alpha value is -3.45. The van der Waals surface area contributed by atoms with Crippen LogP contribution in [0.1, 0.15) is 24.0 Å². The van der Waals surface area contributed by atoms with Crippen molar-refractivity contribution in [3.63, 3.8) is 0 Å². The van der Waals surface area contributed by atoms with Crippen molar-refractivity contribution in [3.8, 4) is 5.69 Å². The fraction of sp³-hybridized carbons (Fsp3) is 0.231. The summed E-state index contributed by atoms with van der Waals surface area (Å²) in [6.45, 7) is 2.46. The Labute approximate surface area is 199 Å². The third kappa shape index (κ3) is 4.68. The predicted molar refractivity (Wildman–Crippen MR) is 138 cm³/mol. The number of aromatic nitrogens is 1. The second-order valence-corrected chi connectivity index (χ2v) is 9.30. The monoisotopic (exact) mass is 457 g/mol. The minimum atomic E-state index is 0.138. The van der Waals surface area contributed by atoms with Crippen molar-refractivity contribution in [2.75, 3.05) is 29.9 Å². The topological polar surface area (TPSA) is 83.5 Å². The van der Waals surface area contributed by atoms with Gasteiger partial charge in [-0.25, -0.2) is 4.57 Å². The van der Waals surface area contributed by atoms with Crippen molar-refractivity contribution in [2.45, 2.75) is 24.2 Å². The van der Waals surface area contributed by atoms with Crippen molar-refractivity contribution >= 4 is 35.3 Å². The number of aliphatic imine (C=N–C) groups is 1. The summed E-state index contributed by atoms with van der Waals surface area (Å²) in [4.78, 5) is 7.93. The first kappa shape index (κ1) is 21.4. The van der Waals surface area contributed by atoms with E-state index in [4.69, 9.17) is 11.5 Å². The van der Waals surface area contributed by atoms with Crippen LogP contribution < -0.4 is 26.3 Å². The predicted octanol–water partition coefficient (Wildman–Crippen LogP) is 3.90. The van der Waals surface area contributed by atoms with E-state index in [0.29, 0.717) is 6.54 Å². The molecule has 5 N–H and O–H groups in total. The van der Waals surface area contributed by atoms with E-state index in [1.807, 2.05) is 17.8 Å². The lowest BCUT2D eigenvalue weighted by Crippen LogP contribution is -2.34. The van der Waals surface area contributed by atoms with E-state index < -0.39 is 0 Å². The van der Waals surface area contributed by atoms with E-state index >= 15 is 0 Å². The molecule has 0 atom stereocenters. The van der Waals surface area contributed by atoms with Crippen LogP contribution in [-0.4, -0.2) is 25.6 Å². The molecular formula is C26H29N6S+. The summed E-state index contributed by atoms with van der Waals surface area (Å²) in [5.74, 6) is 1.18. The minimum Gasteiger partial charge on any atom is -0.370 e. The number of rotatable bonds is 7. The molecule has 0 saturated heterocycles. The lowest BCUT2D eigenvalue weighted by Gasteiger charge is -2.27. The zero-order chi connectivity index (χ0) is 22.6. The minimum absolute atomic E-state index is 0.138. The highest BCUT2D eigenvalue weighted by atomic mass is 32.2. The lowest BCUT2D eigenvalue weighted by atomic mass is 10.0. The van der Waals surface area contributed by atoms with Crippen molar-refractivity contribution in [2.24, 2.45) is 16.5 Å². The highest BCUT2D eigenvalue weighted by Crippen LogP contribution is 2.50. The summed E-state index contributed by atoms with van der Waals surface area (Å²) in [6, 6.07) is 21.5. The maximum absolute atomic E-state index is 5.44. The average molecular weight is 458 g/mol. The molecule has 0 unspecified atom stereocenters. The van der Waals surface area contributed by atoms with Gasteiger partial charge in [0.25, 0.3) is 5.82 Å². The van der Waals surface area contributed by atoms with E-state index in [0.717, 1.165) is 31.0 Å². The number of nitrogens with one attached hydrogen (secondary N) is 1. The number of hydrogen-bond acceptors (Lipinski definition) is 4. The number of pyridine rings is 1. The van der Waals surface area contributed by atoms with Crippen molar-refractivity contribution < 1.29 is 4.57 Å². The van der Waals surface area contributed by atoms with Gasteiger partial charge in [0.15, 0.2) is 5.96 Å². The van der Waals surface area contributed by atoms with E-state index in [1.54, 1.807) is 0 Å². The van der Waals surface area contributed by atoms with E-state index in [9.17, 15) is 0 Å². The standard InChI is InChI=1S/C26H28N6S/c27-26(28)30-14-6-13-29-23-17-19(12-16-31(23)21-9-2-1-3-10-21)18-24-32-15-5-8-20-7-4-11-22(33-24)25(20)32/h1-4,7,9-12,16-18H,5-6,8,13-15H2,(H4,27,28,30)/p+1/b24-18-. The van der Waals surface area contributed by atoms with E-state index in [-0.39, 0.29) is 5.96 Å². The molecule has 2 aliphatic heterocycles. The van der Waals surface area contributed by atoms with Gasteiger partial charge in [0.05, 0.1) is 23.5 Å². The summed E-state index contributed by atoms with van der Waals surface area (Å²) in [5.41, 5.74) is 16.1. The van der Waals surface area contributed by atoms with Gasteiger partial charge in [-0.2, -0.15) is 0 Å². The molecule has 0 aliphatic carbocycles. The van der Waals surface area contributed by atoms with E-state index in [1.165, 1.54) is 39.6 Å². The molecule has 0 amide bonds. The zero-order valence-electron chi connectivity index (χ0n) is 18.6. The Kier molecular flexibility index (Phi) is 6.21. The molecule has 2 aromatic carbocycles. The lowest BCUT2D eigenvalue weighted by molar-refractivity contribution is -0.580. The van der Waals surface area contributed by atoms with Crippen LogP contribution in [0.3, 0.4) is 0 Å². The number of guanidine groups is 1. The van der Waals surface area contributed by atoms with Gasteiger partial charge in [0.2, 0.25) is 0 Å². The smallest absolute Gasteiger partial charge is 0.280 e. The van der Waals surface area contributed by atoms with Crippen LogP contribution in [0.5, 0.6) is 0 Å². The molecule has 0 spiro atoms. The van der Waals surface area contributed by atoms with Crippen LogP contribution in [0.15, 0.2) is 81.8 Å². The Morgan fingerprint density at radius 1 is 1.12 bits per heavy atom. The fourth-order valence-corrected chi connectivity index (χ4v) is 5.59. The van der Waals surface area contributed by atoms with Gasteiger partial charge in [-0.05, 0) is 54.3 Å². The van der Waals surface area contributed by atoms with Crippen LogP contribution in [0.4, 0.5) is 11.5 Å². The Morgan fingerprint density at radius 3 is 2.85 bits per heavy atom. The van der Waals surface area contributed by atoms with Gasteiger partial charge in [-0.15, -0.1) is 0 Å². The molecule has 3 aromatic rings. The van der Waals surface area contributed by atoms with E-state index in [2.05, 4.69) is 86.6 Å². The van der Waals surface area contributed by atoms with Crippen LogP contribution in [-0.2, 0) is 6.42 Å². The molecule has 0 radical (unpaired) electrons. The van der Waals surface area contributed by atoms with Gasteiger partial charge in [-0.1, -0.05) is 42.1 Å². The average Bonchev–Trinajstić information content (AvgIpc) is 3.18. The Balaban J connectivity index is 1.43. The quantitative estimate of drug-likeness (QED) is 0.217. The molecule has 0 fully saturated rings. The Morgan fingerprint density at radius 2 is 2.00 bits per heavy atom. The van der Waals surface area contributed by atoms with Crippen LogP contribution in [0.25, 0.3) is 11.8 Å². The molecule has 33 heavy (non-hydrogen) atoms. The zero-order valence-corrected chi connectivity index (χ0v) is 19.4. The number of benzene rings is 2. The molecule has 168 valence electrons. The Bertz CT molecular complexity index is 1200.